The highest BCUT2D eigenvalue weighted by Crippen LogP contribution is 2.41. The minimum absolute atomic E-state index is 0.124. The van der Waals surface area contributed by atoms with Gasteiger partial charge < -0.3 is 19.7 Å². The number of hydrogen-bond donors (Lipinski definition) is 2. The summed E-state index contributed by atoms with van der Waals surface area (Å²) in [5, 5.41) is 19.4. The zero-order chi connectivity index (χ0) is 15.9. The largest absolute Gasteiger partial charge is 0.508 e. The quantitative estimate of drug-likeness (QED) is 0.891. The van der Waals surface area contributed by atoms with Gasteiger partial charge in [0, 0.05) is 12.1 Å². The van der Waals surface area contributed by atoms with Crippen molar-refractivity contribution in [2.45, 2.75) is 19.4 Å². The molecular weight excluding hydrogens is 284 g/mol. The Balaban J connectivity index is 1.98. The molecular formula is C17H16O5. The van der Waals surface area contributed by atoms with E-state index in [0.29, 0.717) is 0 Å². The molecule has 1 unspecified atom stereocenters. The average molecular weight is 300 g/mol. The second-order valence-corrected chi connectivity index (χ2v) is 5.30. The minimum Gasteiger partial charge on any atom is -0.508 e. The van der Waals surface area contributed by atoms with Crippen LogP contribution in [0.2, 0.25) is 0 Å². The average Bonchev–Trinajstić information content (AvgIpc) is 2.45. The Kier molecular flexibility index (Phi) is 3.41. The maximum atomic E-state index is 12.3. The summed E-state index contributed by atoms with van der Waals surface area (Å²) in [6.45, 7) is 1.92. The number of phenols is 2. The zero-order valence-electron chi connectivity index (χ0n) is 12.3. The van der Waals surface area contributed by atoms with E-state index in [2.05, 4.69) is 0 Å². The van der Waals surface area contributed by atoms with Gasteiger partial charge in [-0.05, 0) is 30.2 Å². The van der Waals surface area contributed by atoms with Crippen LogP contribution in [-0.2, 0) is 0 Å². The third kappa shape index (κ3) is 2.35. The molecule has 5 heteroatoms. The topological polar surface area (TPSA) is 76.0 Å². The molecule has 1 aliphatic heterocycles. The van der Waals surface area contributed by atoms with Crippen molar-refractivity contribution in [3.05, 3.63) is 47.0 Å². The Morgan fingerprint density at radius 1 is 1.23 bits per heavy atom. The van der Waals surface area contributed by atoms with Gasteiger partial charge in [0.1, 0.15) is 34.7 Å². The van der Waals surface area contributed by atoms with Gasteiger partial charge in [0.05, 0.1) is 13.5 Å². The number of fused-ring (bicyclic) bond motifs is 1. The highest BCUT2D eigenvalue weighted by molar-refractivity contribution is 6.02. The van der Waals surface area contributed by atoms with Gasteiger partial charge in [-0.15, -0.1) is 0 Å². The van der Waals surface area contributed by atoms with E-state index in [-0.39, 0.29) is 35.0 Å². The van der Waals surface area contributed by atoms with E-state index in [4.69, 9.17) is 9.47 Å². The van der Waals surface area contributed by atoms with Gasteiger partial charge in [-0.1, -0.05) is 6.07 Å². The molecule has 0 fully saturated rings. The van der Waals surface area contributed by atoms with Crippen molar-refractivity contribution in [3.63, 3.8) is 0 Å². The van der Waals surface area contributed by atoms with Crippen LogP contribution in [0.5, 0.6) is 23.0 Å². The van der Waals surface area contributed by atoms with E-state index in [1.54, 1.807) is 7.11 Å². The second kappa shape index (κ2) is 5.26. The molecule has 0 aliphatic carbocycles. The maximum absolute atomic E-state index is 12.3. The molecule has 1 heterocycles. The summed E-state index contributed by atoms with van der Waals surface area (Å²) >= 11 is 0. The van der Waals surface area contributed by atoms with E-state index in [9.17, 15) is 15.0 Å². The highest BCUT2D eigenvalue weighted by Gasteiger charge is 2.30. The summed E-state index contributed by atoms with van der Waals surface area (Å²) < 4.78 is 11.0. The number of carbonyl (C=O) groups is 1. The number of rotatable bonds is 2. The monoisotopic (exact) mass is 300 g/mol. The number of aromatic hydroxyl groups is 2. The van der Waals surface area contributed by atoms with E-state index >= 15 is 0 Å². The third-order valence-electron chi connectivity index (χ3n) is 3.78. The smallest absolute Gasteiger partial charge is 0.174 e. The van der Waals surface area contributed by atoms with Crippen molar-refractivity contribution in [1.29, 1.82) is 0 Å². The molecule has 0 radical (unpaired) electrons. The van der Waals surface area contributed by atoms with Crippen LogP contribution < -0.4 is 9.47 Å². The predicted octanol–water partition coefficient (Wildman–Crippen LogP) is 3.12. The molecule has 1 aliphatic rings. The fourth-order valence-electron chi connectivity index (χ4n) is 2.71. The van der Waals surface area contributed by atoms with Gasteiger partial charge in [0.2, 0.25) is 0 Å². The number of Topliss-reactive ketones (excluding diaryl/α,β-unsaturated/α-hetero) is 1. The van der Waals surface area contributed by atoms with Gasteiger partial charge in [0.25, 0.3) is 0 Å². The molecule has 0 saturated carbocycles. The lowest BCUT2D eigenvalue weighted by Crippen LogP contribution is -2.20. The summed E-state index contributed by atoms with van der Waals surface area (Å²) in [5.74, 6) is 0.353. The summed E-state index contributed by atoms with van der Waals surface area (Å²) in [6, 6.07) is 8.06. The summed E-state index contributed by atoms with van der Waals surface area (Å²) in [4.78, 5) is 12.3. The minimum atomic E-state index is -0.453. The Bertz CT molecular complexity index is 751. The van der Waals surface area contributed by atoms with E-state index in [1.165, 1.54) is 6.07 Å². The first-order valence-electron chi connectivity index (χ1n) is 6.90. The highest BCUT2D eigenvalue weighted by atomic mass is 16.5. The number of hydrogen-bond acceptors (Lipinski definition) is 5. The summed E-state index contributed by atoms with van der Waals surface area (Å²) in [6.07, 6.45) is -0.317. The van der Waals surface area contributed by atoms with Crippen molar-refractivity contribution in [1.82, 2.24) is 0 Å². The second-order valence-electron chi connectivity index (χ2n) is 5.30. The Hall–Kier alpha value is -2.69. The normalized spacial score (nSPS) is 16.8. The number of benzene rings is 2. The van der Waals surface area contributed by atoms with Gasteiger partial charge in [-0.2, -0.15) is 0 Å². The zero-order valence-corrected chi connectivity index (χ0v) is 12.3. The molecule has 2 N–H and O–H groups in total. The van der Waals surface area contributed by atoms with Gasteiger partial charge in [0.15, 0.2) is 5.78 Å². The van der Waals surface area contributed by atoms with Crippen molar-refractivity contribution in [2.75, 3.05) is 7.11 Å². The summed E-state index contributed by atoms with van der Waals surface area (Å²) in [5.41, 5.74) is 1.92. The summed E-state index contributed by atoms with van der Waals surface area (Å²) in [7, 11) is 1.60. The molecule has 0 amide bonds. The molecule has 114 valence electrons. The lowest BCUT2D eigenvalue weighted by molar-refractivity contribution is 0.0845. The predicted molar refractivity (Wildman–Crippen MR) is 79.8 cm³/mol. The van der Waals surface area contributed by atoms with Crippen LogP contribution in [0.25, 0.3) is 0 Å². The van der Waals surface area contributed by atoms with Crippen molar-refractivity contribution < 1.29 is 24.5 Å². The molecule has 22 heavy (non-hydrogen) atoms. The van der Waals surface area contributed by atoms with E-state index < -0.39 is 6.10 Å². The fraction of sp³-hybridized carbons (Fsp3) is 0.235. The first-order chi connectivity index (χ1) is 10.5. The van der Waals surface area contributed by atoms with Crippen LogP contribution in [0.15, 0.2) is 30.3 Å². The van der Waals surface area contributed by atoms with Gasteiger partial charge in [-0.3, -0.25) is 4.79 Å². The van der Waals surface area contributed by atoms with Gasteiger partial charge >= 0.3 is 0 Å². The van der Waals surface area contributed by atoms with E-state index in [0.717, 1.165) is 22.9 Å². The molecule has 2 aromatic rings. The van der Waals surface area contributed by atoms with Gasteiger partial charge in [-0.25, -0.2) is 0 Å². The first kappa shape index (κ1) is 14.3. The van der Waals surface area contributed by atoms with Crippen LogP contribution in [0.1, 0.15) is 34.0 Å². The molecule has 0 saturated heterocycles. The number of ether oxygens (including phenoxy) is 2. The Morgan fingerprint density at radius 3 is 2.68 bits per heavy atom. The SMILES string of the molecule is COc1ccc(C2CC(=O)c3c(O)cc(O)cc3O2)cc1C. The standard InChI is InChI=1S/C17H16O5/c1-9-5-10(3-4-14(9)21-2)15-8-13(20)17-12(19)6-11(18)7-16(17)22-15/h3-7,15,18-19H,8H2,1-2H3. The van der Waals surface area contributed by atoms with Crippen LogP contribution in [0.3, 0.4) is 0 Å². The van der Waals surface area contributed by atoms with Crippen molar-refractivity contribution in [2.24, 2.45) is 0 Å². The van der Waals surface area contributed by atoms with E-state index in [1.807, 2.05) is 25.1 Å². The number of methoxy groups -OCH3 is 1. The lowest BCUT2D eigenvalue weighted by Gasteiger charge is -2.26. The number of phenolic OH excluding ortho intramolecular Hbond substituents is 2. The molecule has 0 spiro atoms. The van der Waals surface area contributed by atoms with Crippen LogP contribution >= 0.6 is 0 Å². The Labute approximate surface area is 127 Å². The Morgan fingerprint density at radius 2 is 2.00 bits per heavy atom. The molecule has 5 nitrogen and oxygen atoms in total. The van der Waals surface area contributed by atoms with Crippen LogP contribution in [0, 0.1) is 6.92 Å². The lowest BCUT2D eigenvalue weighted by atomic mass is 9.94. The maximum Gasteiger partial charge on any atom is 0.174 e. The molecule has 0 aromatic heterocycles. The molecule has 3 rings (SSSR count). The molecule has 1 atom stereocenters. The van der Waals surface area contributed by atoms with Crippen LogP contribution in [-0.4, -0.2) is 23.1 Å². The fourth-order valence-corrected chi connectivity index (χ4v) is 2.71. The molecule has 0 bridgehead atoms. The third-order valence-corrected chi connectivity index (χ3v) is 3.78. The van der Waals surface area contributed by atoms with Crippen LogP contribution in [0.4, 0.5) is 0 Å². The number of ketones is 1. The number of aryl methyl sites for hydroxylation is 1. The van der Waals surface area contributed by atoms with Crippen molar-refractivity contribution in [3.8, 4) is 23.0 Å². The van der Waals surface area contributed by atoms with Crippen molar-refractivity contribution >= 4 is 5.78 Å². The number of carbonyl (C=O) groups excluding carboxylic acids is 1. The first-order valence-corrected chi connectivity index (χ1v) is 6.90. The molecule has 2 aromatic carbocycles.